The zero-order chi connectivity index (χ0) is 15.2. The van der Waals surface area contributed by atoms with Gasteiger partial charge in [-0.1, -0.05) is 18.2 Å². The summed E-state index contributed by atoms with van der Waals surface area (Å²) in [5, 5.41) is 9.77. The average molecular weight is 304 g/mol. The zero-order valence-electron chi connectivity index (χ0n) is 12.0. The van der Waals surface area contributed by atoms with Crippen molar-refractivity contribution in [2.75, 3.05) is 0 Å². The van der Waals surface area contributed by atoms with E-state index >= 15 is 0 Å². The van der Waals surface area contributed by atoms with Crippen molar-refractivity contribution in [3.63, 3.8) is 0 Å². The number of hydrogen-bond donors (Lipinski definition) is 0. The van der Waals surface area contributed by atoms with Crippen LogP contribution in [0.25, 0.3) is 5.69 Å². The second kappa shape index (κ2) is 2.82. The van der Waals surface area contributed by atoms with Crippen LogP contribution in [-0.2, 0) is 0 Å². The highest BCUT2D eigenvalue weighted by molar-refractivity contribution is 5.48. The van der Waals surface area contributed by atoms with E-state index in [1.54, 1.807) is 21.5 Å². The Bertz CT molecular complexity index is 1090. The first-order valence-corrected chi connectivity index (χ1v) is 8.16. The highest BCUT2D eigenvalue weighted by atomic mass is 16.2. The van der Waals surface area contributed by atoms with Crippen molar-refractivity contribution < 1.29 is 0 Å². The van der Waals surface area contributed by atoms with Gasteiger partial charge in [0.15, 0.2) is 0 Å². The van der Waals surface area contributed by atoms with Crippen molar-refractivity contribution in [3.05, 3.63) is 51.3 Å². The van der Waals surface area contributed by atoms with E-state index in [4.69, 9.17) is 0 Å². The molecule has 8 rings (SSSR count). The Balaban J connectivity index is 1.57. The third-order valence-corrected chi connectivity index (χ3v) is 7.61. The fraction of sp³-hybridized carbons (Fsp3) is 0.471. The van der Waals surface area contributed by atoms with Gasteiger partial charge in [-0.15, -0.1) is 0 Å². The summed E-state index contributed by atoms with van der Waals surface area (Å²) in [7, 11) is 0. The van der Waals surface area contributed by atoms with Gasteiger partial charge >= 0.3 is 11.4 Å². The molecule has 0 N–H and O–H groups in total. The molecule has 112 valence electrons. The summed E-state index contributed by atoms with van der Waals surface area (Å²) in [5.74, 6) is 2.45. The monoisotopic (exact) mass is 304 g/mol. The molecular formula is C17H12N4O2. The van der Waals surface area contributed by atoms with Gasteiger partial charge < -0.3 is 0 Å². The number of hydrogen-bond acceptors (Lipinski definition) is 3. The second-order valence-electron chi connectivity index (χ2n) is 7.69. The minimum absolute atomic E-state index is 0.0739. The van der Waals surface area contributed by atoms with Crippen LogP contribution in [0.15, 0.2) is 39.9 Å². The Morgan fingerprint density at radius 1 is 0.957 bits per heavy atom. The van der Waals surface area contributed by atoms with Gasteiger partial charge in [-0.3, -0.25) is 0 Å². The molecular weight excluding hydrogens is 292 g/mol. The Kier molecular flexibility index (Phi) is 1.36. The van der Waals surface area contributed by atoms with E-state index in [1.165, 1.54) is 4.57 Å². The van der Waals surface area contributed by atoms with E-state index in [9.17, 15) is 14.9 Å². The molecule has 0 spiro atoms. The molecule has 4 aliphatic carbocycles. The maximum Gasteiger partial charge on any atom is 0.352 e. The average Bonchev–Trinajstić information content (AvgIpc) is 2.78. The molecule has 4 fully saturated rings. The van der Waals surface area contributed by atoms with Gasteiger partial charge in [-0.2, -0.15) is 5.26 Å². The lowest BCUT2D eigenvalue weighted by molar-refractivity contribution is -0.482. The quantitative estimate of drug-likeness (QED) is 0.772. The van der Waals surface area contributed by atoms with Crippen LogP contribution in [0.4, 0.5) is 0 Å². The summed E-state index contributed by atoms with van der Waals surface area (Å²) in [6.07, 6.45) is 0. The molecule has 0 saturated heterocycles. The number of rotatable bonds is 1. The molecule has 4 saturated carbocycles. The number of aromatic nitrogens is 3. The van der Waals surface area contributed by atoms with Crippen LogP contribution in [-0.4, -0.2) is 13.9 Å². The minimum atomic E-state index is -0.353. The van der Waals surface area contributed by atoms with Gasteiger partial charge in [-0.05, 0) is 35.8 Å². The lowest BCUT2D eigenvalue weighted by Gasteiger charge is -2.94. The van der Waals surface area contributed by atoms with Crippen molar-refractivity contribution in [3.8, 4) is 11.8 Å². The summed E-state index contributed by atoms with van der Waals surface area (Å²) >= 11 is 0. The minimum Gasteiger partial charge on any atom is -0.245 e. The molecule has 1 aromatic heterocycles. The molecule has 23 heavy (non-hydrogen) atoms. The van der Waals surface area contributed by atoms with Crippen LogP contribution < -0.4 is 11.4 Å². The summed E-state index contributed by atoms with van der Waals surface area (Å²) in [6, 6.07) is 11.6. The van der Waals surface area contributed by atoms with Crippen LogP contribution in [0.1, 0.15) is 12.1 Å². The van der Waals surface area contributed by atoms with Crippen LogP contribution in [0.2, 0.25) is 0 Å². The lowest BCUT2D eigenvalue weighted by atomic mass is 9.11. The van der Waals surface area contributed by atoms with Gasteiger partial charge in [0.25, 0.3) is 0 Å². The van der Waals surface area contributed by atoms with E-state index in [1.807, 2.05) is 18.2 Å². The smallest absolute Gasteiger partial charge is 0.245 e. The summed E-state index contributed by atoms with van der Waals surface area (Å²) in [6.45, 7) is 0. The van der Waals surface area contributed by atoms with Crippen LogP contribution in [0.3, 0.4) is 0 Å². The molecule has 1 aromatic carbocycles. The van der Waals surface area contributed by atoms with Crippen molar-refractivity contribution >= 4 is 0 Å². The fourth-order valence-electron chi connectivity index (χ4n) is 7.12. The fourth-order valence-corrected chi connectivity index (χ4v) is 7.12. The lowest BCUT2D eigenvalue weighted by Crippen LogP contribution is -2.95. The van der Waals surface area contributed by atoms with Gasteiger partial charge in [0.2, 0.25) is 0 Å². The molecule has 2 bridgehead atoms. The predicted octanol–water partition coefficient (Wildman–Crippen LogP) is 0.542. The van der Waals surface area contributed by atoms with Gasteiger partial charge in [-0.25, -0.2) is 23.5 Å². The van der Waals surface area contributed by atoms with E-state index in [0.717, 1.165) is 0 Å². The summed E-state index contributed by atoms with van der Waals surface area (Å²) in [4.78, 5) is 25.9. The van der Waals surface area contributed by atoms with Crippen molar-refractivity contribution in [2.45, 2.75) is 12.1 Å². The highest BCUT2D eigenvalue weighted by Crippen LogP contribution is 2.96. The first-order chi connectivity index (χ1) is 11.2. The molecule has 3 heterocycles. The van der Waals surface area contributed by atoms with Crippen LogP contribution in [0.5, 0.6) is 0 Å². The van der Waals surface area contributed by atoms with E-state index in [2.05, 4.69) is 6.07 Å². The van der Waals surface area contributed by atoms with E-state index in [-0.39, 0.29) is 28.9 Å². The van der Waals surface area contributed by atoms with Gasteiger partial charge in [0.1, 0.15) is 0 Å². The molecule has 6 heteroatoms. The number of para-hydroxylation sites is 1. The molecule has 8 atom stereocenters. The van der Waals surface area contributed by atoms with Crippen molar-refractivity contribution in [1.29, 1.82) is 5.26 Å². The molecule has 2 aromatic rings. The molecule has 6 aliphatic rings. The molecule has 0 radical (unpaired) electrons. The number of nitrogens with zero attached hydrogens (tertiary/aromatic N) is 4. The van der Waals surface area contributed by atoms with Gasteiger partial charge in [0.05, 0.1) is 29.3 Å². The number of nitriles is 1. The van der Waals surface area contributed by atoms with Crippen LogP contribution >= 0.6 is 0 Å². The first kappa shape index (κ1) is 11.1. The first-order valence-electron chi connectivity index (χ1n) is 8.16. The predicted molar refractivity (Wildman–Crippen MR) is 77.9 cm³/mol. The van der Waals surface area contributed by atoms with E-state index < -0.39 is 0 Å². The van der Waals surface area contributed by atoms with Crippen molar-refractivity contribution in [2.24, 2.45) is 35.0 Å². The Labute approximate surface area is 130 Å². The van der Waals surface area contributed by atoms with Gasteiger partial charge in [0, 0.05) is 5.92 Å². The third kappa shape index (κ3) is 0.724. The highest BCUT2D eigenvalue weighted by Gasteiger charge is 2.97. The molecule has 0 amide bonds. The summed E-state index contributed by atoms with van der Waals surface area (Å²) < 4.78 is 4.59. The third-order valence-electron chi connectivity index (χ3n) is 7.61. The van der Waals surface area contributed by atoms with E-state index in [0.29, 0.717) is 35.3 Å². The maximum atomic E-state index is 13.0. The Morgan fingerprint density at radius 2 is 1.70 bits per heavy atom. The molecule has 0 unspecified atom stereocenters. The Morgan fingerprint density at radius 3 is 2.43 bits per heavy atom. The topological polar surface area (TPSA) is 72.7 Å². The number of benzene rings is 1. The largest absolute Gasteiger partial charge is 0.352 e. The normalized spacial score (nSPS) is 48.0. The zero-order valence-corrected chi connectivity index (χ0v) is 12.0. The molecule has 2 aliphatic heterocycles. The van der Waals surface area contributed by atoms with Crippen LogP contribution in [0, 0.1) is 46.3 Å². The van der Waals surface area contributed by atoms with Crippen molar-refractivity contribution in [1.82, 2.24) is 13.9 Å². The second-order valence-corrected chi connectivity index (χ2v) is 7.69. The Hall–Kier alpha value is -2.55. The maximum absolute atomic E-state index is 13.0. The standard InChI is InChI=1S/C17H12N4O2/c18-6-17-11-9-8-10(11)14(17)21-16(23)19(7-4-2-1-3-5-7)15(22)20(21)13(8)12(9)17/h1-5,8-14H/t8-,9+,10-,11+,12+,13-,14-,17+/m1/s1. The molecule has 6 nitrogen and oxygen atoms in total. The summed E-state index contributed by atoms with van der Waals surface area (Å²) in [5.41, 5.74) is -0.267. The SMILES string of the molecule is N#C[C@]12[C@@H]3[C@H]4[C@H]5[C@@H]3[C@H]1[C@@H]5n1c(=O)n(-c3ccccc3)c(=O)n1[C@H]42.